The molecular weight excluding hydrogens is 468 g/mol. The fraction of sp³-hybridized carbons (Fsp3) is 0.154. The molecule has 0 spiro atoms. The highest BCUT2D eigenvalue weighted by Gasteiger charge is 2.14. The predicted octanol–water partition coefficient (Wildman–Crippen LogP) is 5.65. The zero-order chi connectivity index (χ0) is 22.5. The summed E-state index contributed by atoms with van der Waals surface area (Å²) in [5, 5.41) is 3.88. The van der Waals surface area contributed by atoms with Crippen LogP contribution in [-0.4, -0.2) is 31.7 Å². The van der Waals surface area contributed by atoms with Gasteiger partial charge in [0, 0.05) is 22.0 Å². The number of hydrogen-bond donors (Lipinski definition) is 1. The van der Waals surface area contributed by atoms with E-state index in [4.69, 9.17) is 14.5 Å². The maximum absolute atomic E-state index is 13.1. The first-order chi connectivity index (χ1) is 15.6. The number of halogens is 1. The van der Waals surface area contributed by atoms with Gasteiger partial charge in [0.05, 0.1) is 31.0 Å². The summed E-state index contributed by atoms with van der Waals surface area (Å²) in [6, 6.07) is 23.2. The number of rotatable bonds is 7. The lowest BCUT2D eigenvalue weighted by Gasteiger charge is -2.12. The number of fused-ring (bicyclic) bond motifs is 1. The molecule has 1 N–H and O–H groups in total. The van der Waals surface area contributed by atoms with Crippen molar-refractivity contribution in [1.82, 2.24) is 10.3 Å². The van der Waals surface area contributed by atoms with Crippen molar-refractivity contribution >= 4 is 32.7 Å². The van der Waals surface area contributed by atoms with Gasteiger partial charge in [-0.2, -0.15) is 0 Å². The maximum atomic E-state index is 13.1. The molecule has 0 aliphatic heterocycles. The third kappa shape index (κ3) is 4.75. The van der Waals surface area contributed by atoms with Gasteiger partial charge >= 0.3 is 0 Å². The van der Waals surface area contributed by atoms with Gasteiger partial charge in [-0.15, -0.1) is 0 Å². The van der Waals surface area contributed by atoms with Crippen LogP contribution in [0, 0.1) is 0 Å². The number of nitrogens with one attached hydrogen (secondary N) is 1. The van der Waals surface area contributed by atoms with Crippen LogP contribution in [0.1, 0.15) is 15.9 Å². The Morgan fingerprint density at radius 2 is 1.75 bits per heavy atom. The van der Waals surface area contributed by atoms with Crippen LogP contribution in [0.15, 0.2) is 77.3 Å². The molecule has 32 heavy (non-hydrogen) atoms. The number of ether oxygens (including phenoxy) is 2. The molecule has 162 valence electrons. The summed E-state index contributed by atoms with van der Waals surface area (Å²) < 4.78 is 11.6. The fourth-order valence-electron chi connectivity index (χ4n) is 3.61. The van der Waals surface area contributed by atoms with Crippen LogP contribution in [0.4, 0.5) is 0 Å². The van der Waals surface area contributed by atoms with E-state index in [1.165, 1.54) is 0 Å². The number of para-hydroxylation sites is 1. The van der Waals surface area contributed by atoms with Gasteiger partial charge in [0.2, 0.25) is 0 Å². The normalized spacial score (nSPS) is 10.7. The second-order valence-corrected chi connectivity index (χ2v) is 8.19. The minimum absolute atomic E-state index is 0.125. The van der Waals surface area contributed by atoms with Crippen molar-refractivity contribution in [2.45, 2.75) is 6.42 Å². The number of amides is 1. The smallest absolute Gasteiger partial charge is 0.252 e. The zero-order valence-corrected chi connectivity index (χ0v) is 19.5. The van der Waals surface area contributed by atoms with Crippen LogP contribution >= 0.6 is 15.9 Å². The molecular formula is C26H23BrN2O3. The number of hydrogen-bond acceptors (Lipinski definition) is 4. The first-order valence-electron chi connectivity index (χ1n) is 10.2. The monoisotopic (exact) mass is 490 g/mol. The molecule has 4 rings (SSSR count). The van der Waals surface area contributed by atoms with Crippen LogP contribution < -0.4 is 14.8 Å². The standard InChI is InChI=1S/C26H23BrN2O3/c1-31-24-11-10-17(14-25(24)32-2)12-13-28-26(30)21-16-23(18-6-5-7-19(27)15-18)29-22-9-4-3-8-20(21)22/h3-11,14-16H,12-13H2,1-2H3,(H,28,30). The lowest BCUT2D eigenvalue weighted by Crippen LogP contribution is -2.26. The predicted molar refractivity (Wildman–Crippen MR) is 130 cm³/mol. The summed E-state index contributed by atoms with van der Waals surface area (Å²) >= 11 is 3.51. The van der Waals surface area contributed by atoms with Crippen LogP contribution in [-0.2, 0) is 6.42 Å². The molecule has 5 nitrogen and oxygen atoms in total. The van der Waals surface area contributed by atoms with E-state index in [0.717, 1.165) is 32.2 Å². The lowest BCUT2D eigenvalue weighted by molar-refractivity contribution is 0.0955. The molecule has 0 aliphatic rings. The molecule has 0 saturated heterocycles. The topological polar surface area (TPSA) is 60.5 Å². The zero-order valence-electron chi connectivity index (χ0n) is 17.9. The van der Waals surface area contributed by atoms with E-state index in [9.17, 15) is 4.79 Å². The van der Waals surface area contributed by atoms with Gasteiger partial charge in [0.1, 0.15) is 0 Å². The molecule has 1 aromatic heterocycles. The third-order valence-electron chi connectivity index (χ3n) is 5.23. The van der Waals surface area contributed by atoms with E-state index >= 15 is 0 Å². The van der Waals surface area contributed by atoms with E-state index in [1.54, 1.807) is 14.2 Å². The number of aromatic nitrogens is 1. The van der Waals surface area contributed by atoms with Gasteiger partial charge < -0.3 is 14.8 Å². The van der Waals surface area contributed by atoms with Gasteiger partial charge in [-0.25, -0.2) is 4.98 Å². The summed E-state index contributed by atoms with van der Waals surface area (Å²) in [6.07, 6.45) is 0.674. The summed E-state index contributed by atoms with van der Waals surface area (Å²) in [5.41, 5.74) is 4.16. The van der Waals surface area contributed by atoms with Gasteiger partial charge in [0.25, 0.3) is 5.91 Å². The molecule has 0 atom stereocenters. The van der Waals surface area contributed by atoms with Crippen molar-refractivity contribution in [3.63, 3.8) is 0 Å². The van der Waals surface area contributed by atoms with Crippen LogP contribution in [0.5, 0.6) is 11.5 Å². The average molecular weight is 491 g/mol. The highest BCUT2D eigenvalue weighted by atomic mass is 79.9. The Morgan fingerprint density at radius 1 is 0.938 bits per heavy atom. The van der Waals surface area contributed by atoms with Crippen molar-refractivity contribution in [2.24, 2.45) is 0 Å². The number of pyridine rings is 1. The van der Waals surface area contributed by atoms with E-state index in [-0.39, 0.29) is 5.91 Å². The second-order valence-electron chi connectivity index (χ2n) is 7.28. The summed E-state index contributed by atoms with van der Waals surface area (Å²) in [5.74, 6) is 1.24. The second kappa shape index (κ2) is 9.83. The molecule has 3 aromatic carbocycles. The molecule has 4 aromatic rings. The Bertz CT molecular complexity index is 1270. The third-order valence-corrected chi connectivity index (χ3v) is 5.72. The minimum atomic E-state index is -0.125. The van der Waals surface area contributed by atoms with Crippen LogP contribution in [0.2, 0.25) is 0 Å². The highest BCUT2D eigenvalue weighted by Crippen LogP contribution is 2.28. The minimum Gasteiger partial charge on any atom is -0.493 e. The van der Waals surface area contributed by atoms with Crippen molar-refractivity contribution in [3.05, 3.63) is 88.4 Å². The molecule has 0 bridgehead atoms. The van der Waals surface area contributed by atoms with Gasteiger partial charge in [-0.05, 0) is 48.4 Å². The SMILES string of the molecule is COc1ccc(CCNC(=O)c2cc(-c3cccc(Br)c3)nc3ccccc23)cc1OC. The Kier molecular flexibility index (Phi) is 6.71. The number of benzene rings is 3. The summed E-state index contributed by atoms with van der Waals surface area (Å²) in [4.78, 5) is 17.9. The van der Waals surface area contributed by atoms with E-state index in [1.807, 2.05) is 72.8 Å². The van der Waals surface area contributed by atoms with E-state index < -0.39 is 0 Å². The molecule has 0 aliphatic carbocycles. The summed E-state index contributed by atoms with van der Waals surface area (Å²) in [7, 11) is 3.22. The number of methoxy groups -OCH3 is 2. The van der Waals surface area contributed by atoms with Crippen molar-refractivity contribution in [1.29, 1.82) is 0 Å². The van der Waals surface area contributed by atoms with Gasteiger partial charge in [-0.1, -0.05) is 52.3 Å². The highest BCUT2D eigenvalue weighted by molar-refractivity contribution is 9.10. The lowest BCUT2D eigenvalue weighted by atomic mass is 10.0. The Morgan fingerprint density at radius 3 is 2.53 bits per heavy atom. The average Bonchev–Trinajstić information content (AvgIpc) is 2.83. The molecule has 0 unspecified atom stereocenters. The van der Waals surface area contributed by atoms with E-state index in [0.29, 0.717) is 30.0 Å². The van der Waals surface area contributed by atoms with Gasteiger partial charge in [0.15, 0.2) is 11.5 Å². The van der Waals surface area contributed by atoms with Crippen LogP contribution in [0.25, 0.3) is 22.2 Å². The molecule has 0 saturated carbocycles. The van der Waals surface area contributed by atoms with E-state index in [2.05, 4.69) is 21.2 Å². The van der Waals surface area contributed by atoms with Crippen molar-refractivity contribution in [3.8, 4) is 22.8 Å². The quantitative estimate of drug-likeness (QED) is 0.363. The number of carbonyl (C=O) groups is 1. The molecule has 0 fully saturated rings. The molecule has 6 heteroatoms. The Balaban J connectivity index is 1.57. The van der Waals surface area contributed by atoms with Gasteiger partial charge in [-0.3, -0.25) is 4.79 Å². The molecule has 1 heterocycles. The van der Waals surface area contributed by atoms with Crippen molar-refractivity contribution < 1.29 is 14.3 Å². The Labute approximate surface area is 195 Å². The fourth-order valence-corrected chi connectivity index (χ4v) is 4.01. The number of nitrogens with zero attached hydrogens (tertiary/aromatic N) is 1. The summed E-state index contributed by atoms with van der Waals surface area (Å²) in [6.45, 7) is 0.497. The first kappa shape index (κ1) is 21.8. The van der Waals surface area contributed by atoms with Crippen molar-refractivity contribution in [2.75, 3.05) is 20.8 Å². The first-order valence-corrected chi connectivity index (χ1v) is 11.0. The number of carbonyl (C=O) groups excluding carboxylic acids is 1. The molecule has 0 radical (unpaired) electrons. The maximum Gasteiger partial charge on any atom is 0.252 e. The molecule has 1 amide bonds. The van der Waals surface area contributed by atoms with Crippen LogP contribution in [0.3, 0.4) is 0 Å². The Hall–Kier alpha value is -3.38. The largest absolute Gasteiger partial charge is 0.493 e.